The van der Waals surface area contributed by atoms with Gasteiger partial charge in [0.25, 0.3) is 0 Å². The Morgan fingerprint density at radius 1 is 1.08 bits per heavy atom. The number of amides is 2. The van der Waals surface area contributed by atoms with Crippen LogP contribution >= 0.6 is 0 Å². The number of aromatic amines is 1. The molecule has 0 aliphatic heterocycles. The van der Waals surface area contributed by atoms with Crippen LogP contribution in [0.2, 0.25) is 0 Å². The van der Waals surface area contributed by atoms with Crippen molar-refractivity contribution in [1.29, 1.82) is 0 Å². The van der Waals surface area contributed by atoms with Crippen molar-refractivity contribution in [2.45, 2.75) is 65.6 Å². The molecule has 0 aliphatic carbocycles. The highest BCUT2D eigenvalue weighted by atomic mass is 16.6. The van der Waals surface area contributed by atoms with Crippen molar-refractivity contribution in [3.63, 3.8) is 0 Å². The standard InChI is InChI=1S/C27H34N4O6/c1-14(2)22(23(33)21-15(3)24(34)31-25(21)35)30-20(32)12-19(29-26(36)37-27(4,5)6)17-11-16-9-7-8-10-18(16)28-13-17/h7-11,13-14,19,22,31,34-35H,12H2,1-6H3,(H,29,36)(H,30,32)/t19?,22-/m0/s1. The first-order chi connectivity index (χ1) is 17.3. The zero-order chi connectivity index (χ0) is 27.5. The molecule has 2 heterocycles. The molecule has 5 N–H and O–H groups in total. The van der Waals surface area contributed by atoms with Gasteiger partial charge in [-0.2, -0.15) is 0 Å². The first-order valence-electron chi connectivity index (χ1n) is 12.0. The molecule has 2 atom stereocenters. The van der Waals surface area contributed by atoms with E-state index >= 15 is 0 Å². The Hall–Kier alpha value is -4.08. The third-order valence-corrected chi connectivity index (χ3v) is 5.81. The van der Waals surface area contributed by atoms with Gasteiger partial charge in [0, 0.05) is 17.1 Å². The molecule has 37 heavy (non-hydrogen) atoms. The van der Waals surface area contributed by atoms with Crippen molar-refractivity contribution >= 4 is 28.7 Å². The molecule has 3 aromatic rings. The van der Waals surface area contributed by atoms with Crippen LogP contribution in [-0.2, 0) is 9.53 Å². The zero-order valence-corrected chi connectivity index (χ0v) is 21.9. The van der Waals surface area contributed by atoms with Gasteiger partial charge in [-0.15, -0.1) is 0 Å². The van der Waals surface area contributed by atoms with Crippen LogP contribution in [0.3, 0.4) is 0 Å². The fourth-order valence-corrected chi connectivity index (χ4v) is 3.95. The van der Waals surface area contributed by atoms with Gasteiger partial charge in [-0.1, -0.05) is 32.0 Å². The highest BCUT2D eigenvalue weighted by molar-refractivity contribution is 6.05. The maximum atomic E-state index is 13.2. The van der Waals surface area contributed by atoms with E-state index in [1.165, 1.54) is 6.92 Å². The first-order valence-corrected chi connectivity index (χ1v) is 12.0. The highest BCUT2D eigenvalue weighted by Crippen LogP contribution is 2.30. The maximum Gasteiger partial charge on any atom is 0.408 e. The van der Waals surface area contributed by atoms with E-state index in [0.29, 0.717) is 5.56 Å². The quantitative estimate of drug-likeness (QED) is 0.284. The number of alkyl carbamates (subject to hydrolysis) is 1. The molecular formula is C27H34N4O6. The van der Waals surface area contributed by atoms with Gasteiger partial charge in [0.05, 0.1) is 29.6 Å². The van der Waals surface area contributed by atoms with Gasteiger partial charge in [-0.25, -0.2) is 4.79 Å². The summed E-state index contributed by atoms with van der Waals surface area (Å²) in [5, 5.41) is 26.3. The van der Waals surface area contributed by atoms with Crippen molar-refractivity contribution in [3.05, 3.63) is 53.2 Å². The molecule has 0 bridgehead atoms. The Morgan fingerprint density at radius 2 is 1.76 bits per heavy atom. The van der Waals surface area contributed by atoms with Crippen LogP contribution in [-0.4, -0.2) is 49.6 Å². The maximum absolute atomic E-state index is 13.2. The van der Waals surface area contributed by atoms with Crippen molar-refractivity contribution < 1.29 is 29.3 Å². The number of ketones is 1. The van der Waals surface area contributed by atoms with Crippen LogP contribution in [0.1, 0.15) is 68.6 Å². The molecule has 2 aromatic heterocycles. The van der Waals surface area contributed by atoms with Gasteiger partial charge >= 0.3 is 6.09 Å². The lowest BCUT2D eigenvalue weighted by Crippen LogP contribution is -2.46. The number of carbonyl (C=O) groups excluding carboxylic acids is 3. The van der Waals surface area contributed by atoms with E-state index in [2.05, 4.69) is 20.6 Å². The van der Waals surface area contributed by atoms with E-state index in [-0.39, 0.29) is 29.3 Å². The predicted octanol–water partition coefficient (Wildman–Crippen LogP) is 4.26. The molecule has 0 saturated carbocycles. The van der Waals surface area contributed by atoms with Crippen LogP contribution < -0.4 is 10.6 Å². The van der Waals surface area contributed by atoms with Gasteiger partial charge in [-0.3, -0.25) is 19.6 Å². The highest BCUT2D eigenvalue weighted by Gasteiger charge is 2.32. The van der Waals surface area contributed by atoms with Gasteiger partial charge in [-0.05, 0) is 51.3 Å². The van der Waals surface area contributed by atoms with Gasteiger partial charge in [0.2, 0.25) is 11.8 Å². The van der Waals surface area contributed by atoms with Crippen molar-refractivity contribution in [2.24, 2.45) is 5.92 Å². The monoisotopic (exact) mass is 510 g/mol. The third-order valence-electron chi connectivity index (χ3n) is 5.81. The molecule has 0 fully saturated rings. The number of para-hydroxylation sites is 1. The van der Waals surface area contributed by atoms with Crippen LogP contribution in [0.5, 0.6) is 11.8 Å². The van der Waals surface area contributed by atoms with Crippen LogP contribution in [0.15, 0.2) is 36.5 Å². The summed E-state index contributed by atoms with van der Waals surface area (Å²) in [5.41, 5.74) is 0.724. The van der Waals surface area contributed by atoms with E-state index in [0.717, 1.165) is 10.9 Å². The molecule has 10 nitrogen and oxygen atoms in total. The Morgan fingerprint density at radius 3 is 2.35 bits per heavy atom. The van der Waals surface area contributed by atoms with Crippen LogP contribution in [0.25, 0.3) is 10.9 Å². The number of nitrogens with zero attached hydrogens (tertiary/aromatic N) is 1. The lowest BCUT2D eigenvalue weighted by molar-refractivity contribution is -0.122. The number of H-pyrrole nitrogens is 1. The number of nitrogens with one attached hydrogen (secondary N) is 3. The minimum atomic E-state index is -0.982. The predicted molar refractivity (Wildman–Crippen MR) is 138 cm³/mol. The summed E-state index contributed by atoms with van der Waals surface area (Å²) in [6.07, 6.45) is 0.699. The molecule has 1 aromatic carbocycles. The summed E-state index contributed by atoms with van der Waals surface area (Å²) in [6, 6.07) is 7.54. The van der Waals surface area contributed by atoms with E-state index in [1.54, 1.807) is 40.8 Å². The number of pyridine rings is 1. The molecule has 1 unspecified atom stereocenters. The van der Waals surface area contributed by atoms with Crippen LogP contribution in [0.4, 0.5) is 4.79 Å². The number of aromatic nitrogens is 2. The summed E-state index contributed by atoms with van der Waals surface area (Å²) >= 11 is 0. The summed E-state index contributed by atoms with van der Waals surface area (Å²) < 4.78 is 5.39. The zero-order valence-electron chi connectivity index (χ0n) is 21.9. The number of carbonyl (C=O) groups is 3. The van der Waals surface area contributed by atoms with Crippen molar-refractivity contribution in [2.75, 3.05) is 0 Å². The van der Waals surface area contributed by atoms with E-state index in [9.17, 15) is 24.6 Å². The lowest BCUT2D eigenvalue weighted by Gasteiger charge is -2.25. The molecule has 0 spiro atoms. The number of aromatic hydroxyl groups is 2. The number of hydrogen-bond donors (Lipinski definition) is 5. The molecule has 0 saturated heterocycles. The minimum absolute atomic E-state index is 0.0846. The minimum Gasteiger partial charge on any atom is -0.494 e. The number of hydrogen-bond acceptors (Lipinski definition) is 7. The second-order valence-electron chi connectivity index (χ2n) is 10.3. The molecule has 0 aliphatic rings. The second kappa shape index (κ2) is 10.9. The molecule has 2 amide bonds. The Labute approximate surface area is 215 Å². The normalized spacial score (nSPS) is 13.3. The van der Waals surface area contributed by atoms with Gasteiger partial charge < -0.3 is 25.6 Å². The first kappa shape index (κ1) is 27.5. The number of benzene rings is 1. The van der Waals surface area contributed by atoms with E-state index in [4.69, 9.17) is 4.74 Å². The summed E-state index contributed by atoms with van der Waals surface area (Å²) in [7, 11) is 0. The molecule has 10 heteroatoms. The van der Waals surface area contributed by atoms with Crippen LogP contribution in [0, 0.1) is 12.8 Å². The second-order valence-corrected chi connectivity index (χ2v) is 10.3. The number of Topliss-reactive ketones (excluding diaryl/α,β-unsaturated/α-hetero) is 1. The number of fused-ring (bicyclic) bond motifs is 1. The topological polar surface area (TPSA) is 154 Å². The summed E-state index contributed by atoms with van der Waals surface area (Å²) in [6.45, 7) is 10.2. The molecule has 3 rings (SSSR count). The SMILES string of the molecule is Cc1c(O)[nH]c(O)c1C(=O)[C@@H](NC(=O)CC(NC(=O)OC(C)(C)C)c1cnc2ccccc2c1)C(C)C. The van der Waals surface area contributed by atoms with Crippen molar-refractivity contribution in [1.82, 2.24) is 20.6 Å². The van der Waals surface area contributed by atoms with E-state index < -0.39 is 41.3 Å². The summed E-state index contributed by atoms with van der Waals surface area (Å²) in [5.74, 6) is -2.16. The summed E-state index contributed by atoms with van der Waals surface area (Å²) in [4.78, 5) is 45.7. The Balaban J connectivity index is 1.86. The van der Waals surface area contributed by atoms with Crippen molar-refractivity contribution in [3.8, 4) is 11.8 Å². The van der Waals surface area contributed by atoms with Gasteiger partial charge in [0.15, 0.2) is 11.7 Å². The lowest BCUT2D eigenvalue weighted by atomic mass is 9.93. The average molecular weight is 511 g/mol. The largest absolute Gasteiger partial charge is 0.494 e. The molecular weight excluding hydrogens is 476 g/mol. The molecule has 198 valence electrons. The number of rotatable bonds is 8. The van der Waals surface area contributed by atoms with Gasteiger partial charge in [0.1, 0.15) is 5.60 Å². The Kier molecular flexibility index (Phi) is 8.10. The fraction of sp³-hybridized carbons (Fsp3) is 0.407. The average Bonchev–Trinajstić information content (AvgIpc) is 3.05. The third kappa shape index (κ3) is 6.78. The van der Waals surface area contributed by atoms with E-state index in [1.807, 2.05) is 30.3 Å². The smallest absolute Gasteiger partial charge is 0.408 e. The number of ether oxygens (including phenoxy) is 1. The molecule has 0 radical (unpaired) electrons. The fourth-order valence-electron chi connectivity index (χ4n) is 3.95. The Bertz CT molecular complexity index is 1310.